The van der Waals surface area contributed by atoms with Crippen molar-refractivity contribution >= 4 is 24.1 Å². The summed E-state index contributed by atoms with van der Waals surface area (Å²) < 4.78 is 39.0. The highest BCUT2D eigenvalue weighted by molar-refractivity contribution is 6.39. The molecule has 0 bridgehead atoms. The third kappa shape index (κ3) is 1.10. The van der Waals surface area contributed by atoms with E-state index < -0.39 is 17.5 Å². The predicted octanol–water partition coefficient (Wildman–Crippen LogP) is 2.05. The van der Waals surface area contributed by atoms with E-state index in [1.165, 1.54) is 18.2 Å². The molecule has 0 aliphatic carbocycles. The normalized spacial score (nSPS) is 10.8. The van der Waals surface area contributed by atoms with Crippen LogP contribution in [0.1, 0.15) is 0 Å². The first-order valence-corrected chi connectivity index (χ1v) is 3.93. The van der Waals surface area contributed by atoms with Crippen molar-refractivity contribution in [3.8, 4) is 0 Å². The summed E-state index contributed by atoms with van der Waals surface area (Å²) in [5.74, 6) is -4.06. The Morgan fingerprint density at radius 3 is 2.00 bits per heavy atom. The number of benzene rings is 2. The molecule has 0 aromatic heterocycles. The van der Waals surface area contributed by atoms with Gasteiger partial charge in [-0.25, -0.2) is 13.2 Å². The van der Waals surface area contributed by atoms with Crippen molar-refractivity contribution in [2.45, 2.75) is 0 Å². The molecule has 0 heterocycles. The Morgan fingerprint density at radius 2 is 1.36 bits per heavy atom. The topological polar surface area (TPSA) is 0 Å². The largest absolute Gasteiger partial charge is 0.204 e. The summed E-state index contributed by atoms with van der Waals surface area (Å²) in [6, 6.07) is 5.90. The fraction of sp³-hybridized carbons (Fsp3) is 0. The molecule has 0 nitrogen and oxygen atoms in total. The maximum atomic E-state index is 13.2. The van der Waals surface area contributed by atoms with Crippen LogP contribution in [0.3, 0.4) is 0 Å². The van der Waals surface area contributed by atoms with Gasteiger partial charge >= 0.3 is 0 Å². The SMILES string of the molecule is [B]c1c(F)c(F)c(F)c2ccccc12. The molecule has 0 fully saturated rings. The van der Waals surface area contributed by atoms with E-state index in [0.29, 0.717) is 0 Å². The van der Waals surface area contributed by atoms with Gasteiger partial charge in [-0.05, 0) is 5.39 Å². The first-order valence-electron chi connectivity index (χ1n) is 3.93. The van der Waals surface area contributed by atoms with Crippen LogP contribution in [-0.4, -0.2) is 7.85 Å². The molecule has 0 saturated heterocycles. The lowest BCUT2D eigenvalue weighted by Gasteiger charge is -2.06. The van der Waals surface area contributed by atoms with Gasteiger partial charge in [-0.3, -0.25) is 0 Å². The zero-order valence-corrected chi connectivity index (χ0v) is 7.02. The molecule has 0 spiro atoms. The standard InChI is InChI=1S/C10H4BF3/c11-7-5-3-1-2-4-6(5)8(12)10(14)9(7)13/h1-4H. The highest BCUT2D eigenvalue weighted by atomic mass is 19.2. The third-order valence-corrected chi connectivity index (χ3v) is 2.08. The summed E-state index contributed by atoms with van der Waals surface area (Å²) in [7, 11) is 5.31. The van der Waals surface area contributed by atoms with Crippen molar-refractivity contribution in [2.75, 3.05) is 0 Å². The summed E-state index contributed by atoms with van der Waals surface area (Å²) in [5.41, 5.74) is -0.362. The molecule has 0 aliphatic rings. The van der Waals surface area contributed by atoms with Crippen LogP contribution in [0.25, 0.3) is 10.8 Å². The lowest BCUT2D eigenvalue weighted by atomic mass is 9.89. The fourth-order valence-corrected chi connectivity index (χ4v) is 1.36. The van der Waals surface area contributed by atoms with Crippen molar-refractivity contribution in [1.82, 2.24) is 0 Å². The number of hydrogen-bond acceptors (Lipinski definition) is 0. The Kier molecular flexibility index (Phi) is 1.99. The monoisotopic (exact) mass is 192 g/mol. The van der Waals surface area contributed by atoms with E-state index in [4.69, 9.17) is 7.85 Å². The molecule has 68 valence electrons. The van der Waals surface area contributed by atoms with Gasteiger partial charge in [-0.1, -0.05) is 29.7 Å². The molecule has 0 saturated carbocycles. The van der Waals surface area contributed by atoms with E-state index in [2.05, 4.69) is 0 Å². The van der Waals surface area contributed by atoms with Gasteiger partial charge in [-0.15, -0.1) is 0 Å². The molecule has 0 N–H and O–H groups in total. The molecule has 2 aromatic carbocycles. The van der Waals surface area contributed by atoms with Crippen LogP contribution < -0.4 is 5.46 Å². The van der Waals surface area contributed by atoms with Crippen LogP contribution in [0.4, 0.5) is 13.2 Å². The van der Waals surface area contributed by atoms with Gasteiger partial charge in [0, 0.05) is 5.39 Å². The van der Waals surface area contributed by atoms with Gasteiger partial charge in [0.1, 0.15) is 7.85 Å². The maximum absolute atomic E-state index is 13.2. The lowest BCUT2D eigenvalue weighted by molar-refractivity contribution is 0.457. The van der Waals surface area contributed by atoms with Crippen molar-refractivity contribution in [1.29, 1.82) is 0 Å². The second kappa shape index (κ2) is 3.05. The van der Waals surface area contributed by atoms with Crippen LogP contribution in [0.5, 0.6) is 0 Å². The smallest absolute Gasteiger partial charge is 0.194 e. The second-order valence-electron chi connectivity index (χ2n) is 2.90. The van der Waals surface area contributed by atoms with E-state index >= 15 is 0 Å². The van der Waals surface area contributed by atoms with Gasteiger partial charge in [0.05, 0.1) is 0 Å². The van der Waals surface area contributed by atoms with Gasteiger partial charge in [0.2, 0.25) is 0 Å². The van der Waals surface area contributed by atoms with Crippen molar-refractivity contribution in [3.63, 3.8) is 0 Å². The Morgan fingerprint density at radius 1 is 0.786 bits per heavy atom. The first kappa shape index (κ1) is 9.12. The van der Waals surface area contributed by atoms with Crippen LogP contribution in [0.15, 0.2) is 24.3 Å². The minimum absolute atomic E-state index is 0.0103. The molecule has 0 amide bonds. The number of fused-ring (bicyclic) bond motifs is 1. The molecular weight excluding hydrogens is 188 g/mol. The van der Waals surface area contributed by atoms with Crippen LogP contribution in [0.2, 0.25) is 0 Å². The summed E-state index contributed by atoms with van der Waals surface area (Å²) in [5, 5.41) is 0.174. The Labute approximate surface area is 79.8 Å². The average Bonchev–Trinajstić information content (AvgIpc) is 2.23. The van der Waals surface area contributed by atoms with Gasteiger partial charge < -0.3 is 0 Å². The van der Waals surface area contributed by atoms with Crippen molar-refractivity contribution in [2.24, 2.45) is 0 Å². The molecule has 0 atom stereocenters. The predicted molar refractivity (Wildman–Crippen MR) is 49.2 cm³/mol. The van der Waals surface area contributed by atoms with E-state index in [9.17, 15) is 13.2 Å². The number of hydrogen-bond donors (Lipinski definition) is 0. The second-order valence-corrected chi connectivity index (χ2v) is 2.90. The van der Waals surface area contributed by atoms with E-state index in [1.807, 2.05) is 0 Å². The molecule has 4 heteroatoms. The van der Waals surface area contributed by atoms with Crippen LogP contribution >= 0.6 is 0 Å². The molecule has 2 radical (unpaired) electrons. The van der Waals surface area contributed by atoms with Crippen LogP contribution in [-0.2, 0) is 0 Å². The van der Waals surface area contributed by atoms with Crippen molar-refractivity contribution in [3.05, 3.63) is 41.7 Å². The fourth-order valence-electron chi connectivity index (χ4n) is 1.36. The molecule has 14 heavy (non-hydrogen) atoms. The van der Waals surface area contributed by atoms with Gasteiger partial charge in [0.15, 0.2) is 17.5 Å². The highest BCUT2D eigenvalue weighted by Crippen LogP contribution is 2.20. The van der Waals surface area contributed by atoms with E-state index in [-0.39, 0.29) is 16.2 Å². The van der Waals surface area contributed by atoms with E-state index in [1.54, 1.807) is 6.07 Å². The van der Waals surface area contributed by atoms with Crippen molar-refractivity contribution < 1.29 is 13.2 Å². The summed E-state index contributed by atoms with van der Waals surface area (Å²) in [4.78, 5) is 0. The van der Waals surface area contributed by atoms with E-state index in [0.717, 1.165) is 0 Å². The lowest BCUT2D eigenvalue weighted by Crippen LogP contribution is -2.14. The maximum Gasteiger partial charge on any atom is 0.194 e. The quantitative estimate of drug-likeness (QED) is 0.442. The summed E-state index contributed by atoms with van der Waals surface area (Å²) >= 11 is 0. The van der Waals surface area contributed by atoms with Crippen LogP contribution in [0, 0.1) is 17.5 Å². The number of halogens is 3. The number of rotatable bonds is 0. The highest BCUT2D eigenvalue weighted by Gasteiger charge is 2.15. The zero-order chi connectivity index (χ0) is 10.3. The Bertz CT molecular complexity index is 462. The zero-order valence-electron chi connectivity index (χ0n) is 7.02. The third-order valence-electron chi connectivity index (χ3n) is 2.08. The first-order chi connectivity index (χ1) is 6.63. The molecule has 2 rings (SSSR count). The minimum Gasteiger partial charge on any atom is -0.204 e. The van der Waals surface area contributed by atoms with Gasteiger partial charge in [0.25, 0.3) is 0 Å². The summed E-state index contributed by atoms with van der Waals surface area (Å²) in [6.07, 6.45) is 0. The molecular formula is C10H4BF3. The Balaban J connectivity index is 3.02. The van der Waals surface area contributed by atoms with Gasteiger partial charge in [-0.2, -0.15) is 0 Å². The molecule has 2 aromatic rings. The molecule has 0 aliphatic heterocycles. The summed E-state index contributed by atoms with van der Waals surface area (Å²) in [6.45, 7) is 0. The minimum atomic E-state index is -1.53. The molecule has 0 unspecified atom stereocenters. The average molecular weight is 192 g/mol. The Hall–Kier alpha value is -1.45.